The van der Waals surface area contributed by atoms with E-state index in [1.165, 1.54) is 30.6 Å². The summed E-state index contributed by atoms with van der Waals surface area (Å²) < 4.78 is 0. The van der Waals surface area contributed by atoms with E-state index in [0.29, 0.717) is 6.04 Å². The molecule has 112 valence electrons. The van der Waals surface area contributed by atoms with Crippen molar-refractivity contribution in [1.29, 1.82) is 0 Å². The smallest absolute Gasteiger partial charge is 0.314 e. The number of hydrogen-bond acceptors (Lipinski definition) is 5. The summed E-state index contributed by atoms with van der Waals surface area (Å²) in [4.78, 5) is 13.1. The number of piperazine rings is 1. The summed E-state index contributed by atoms with van der Waals surface area (Å²) in [5.74, 6) is 0. The standard InChI is InChI=1S/C14H23N3O2S/c1-2-3-4-5-13(16-8-6-15-7-9-16)12-10-14(17(18)19)20-11-12/h10-11,13,15H,2-9H2,1H3/t13-/m0/s1. The van der Waals surface area contributed by atoms with Crippen LogP contribution in [0.25, 0.3) is 0 Å². The van der Waals surface area contributed by atoms with E-state index in [1.54, 1.807) is 6.07 Å². The molecule has 0 aromatic carbocycles. The Bertz CT molecular complexity index is 430. The van der Waals surface area contributed by atoms with Gasteiger partial charge in [0.15, 0.2) is 0 Å². The van der Waals surface area contributed by atoms with Gasteiger partial charge in [-0.15, -0.1) is 0 Å². The lowest BCUT2D eigenvalue weighted by molar-refractivity contribution is -0.380. The number of rotatable bonds is 7. The van der Waals surface area contributed by atoms with E-state index < -0.39 is 0 Å². The fraction of sp³-hybridized carbons (Fsp3) is 0.714. The van der Waals surface area contributed by atoms with Gasteiger partial charge in [0.1, 0.15) is 0 Å². The van der Waals surface area contributed by atoms with Crippen LogP contribution in [0, 0.1) is 10.1 Å². The summed E-state index contributed by atoms with van der Waals surface area (Å²) in [5.41, 5.74) is 1.12. The van der Waals surface area contributed by atoms with E-state index in [9.17, 15) is 10.1 Å². The van der Waals surface area contributed by atoms with Crippen LogP contribution < -0.4 is 5.32 Å². The van der Waals surface area contributed by atoms with E-state index in [1.807, 2.05) is 5.38 Å². The summed E-state index contributed by atoms with van der Waals surface area (Å²) in [7, 11) is 0. The average Bonchev–Trinajstić information content (AvgIpc) is 2.94. The van der Waals surface area contributed by atoms with Crippen molar-refractivity contribution in [1.82, 2.24) is 10.2 Å². The van der Waals surface area contributed by atoms with Gasteiger partial charge in [0.25, 0.3) is 0 Å². The monoisotopic (exact) mass is 297 g/mol. The highest BCUT2D eigenvalue weighted by Gasteiger charge is 2.24. The molecule has 0 amide bonds. The van der Waals surface area contributed by atoms with Crippen molar-refractivity contribution in [3.05, 3.63) is 27.1 Å². The van der Waals surface area contributed by atoms with Crippen LogP contribution in [0.15, 0.2) is 11.4 Å². The third-order valence-corrected chi connectivity index (χ3v) is 4.74. The first-order valence-electron chi connectivity index (χ1n) is 7.40. The molecule has 0 saturated carbocycles. The molecular weight excluding hydrogens is 274 g/mol. The molecule has 0 unspecified atom stereocenters. The number of nitrogens with zero attached hydrogens (tertiary/aromatic N) is 2. The number of thiophene rings is 1. The van der Waals surface area contributed by atoms with Crippen LogP contribution in [0.3, 0.4) is 0 Å². The maximum absolute atomic E-state index is 10.9. The van der Waals surface area contributed by atoms with Gasteiger partial charge in [-0.1, -0.05) is 37.5 Å². The van der Waals surface area contributed by atoms with Crippen LogP contribution in [-0.2, 0) is 0 Å². The molecule has 1 aromatic heterocycles. The Balaban J connectivity index is 2.08. The molecule has 1 atom stereocenters. The van der Waals surface area contributed by atoms with Crippen LogP contribution in [0.4, 0.5) is 5.00 Å². The zero-order valence-electron chi connectivity index (χ0n) is 12.0. The molecular formula is C14H23N3O2S. The second-order valence-corrected chi connectivity index (χ2v) is 6.16. The second-order valence-electron chi connectivity index (χ2n) is 5.27. The lowest BCUT2D eigenvalue weighted by atomic mass is 10.0. The second kappa shape index (κ2) is 7.71. The topological polar surface area (TPSA) is 58.4 Å². The van der Waals surface area contributed by atoms with Crippen LogP contribution in [0.1, 0.15) is 44.2 Å². The summed E-state index contributed by atoms with van der Waals surface area (Å²) in [6.45, 7) is 6.28. The first kappa shape index (κ1) is 15.4. The number of hydrogen-bond donors (Lipinski definition) is 1. The largest absolute Gasteiger partial charge is 0.324 e. The fourth-order valence-electron chi connectivity index (χ4n) is 2.75. The summed E-state index contributed by atoms with van der Waals surface area (Å²) in [6.07, 6.45) is 4.73. The molecule has 0 aliphatic carbocycles. The van der Waals surface area contributed by atoms with Crippen molar-refractivity contribution in [2.75, 3.05) is 26.2 Å². The lowest BCUT2D eigenvalue weighted by Gasteiger charge is -2.34. The van der Waals surface area contributed by atoms with E-state index in [2.05, 4.69) is 17.1 Å². The average molecular weight is 297 g/mol. The Morgan fingerprint density at radius 3 is 2.80 bits per heavy atom. The Hall–Kier alpha value is -0.980. The molecule has 2 heterocycles. The van der Waals surface area contributed by atoms with E-state index in [0.717, 1.165) is 38.2 Å². The van der Waals surface area contributed by atoms with Gasteiger partial charge >= 0.3 is 5.00 Å². The first-order chi connectivity index (χ1) is 9.72. The Labute approximate surface area is 124 Å². The van der Waals surface area contributed by atoms with Crippen molar-refractivity contribution in [3.8, 4) is 0 Å². The van der Waals surface area contributed by atoms with Crippen molar-refractivity contribution in [2.45, 2.75) is 38.6 Å². The number of unbranched alkanes of at least 4 members (excludes halogenated alkanes) is 2. The number of nitro groups is 1. The van der Waals surface area contributed by atoms with Gasteiger partial charge in [0, 0.05) is 43.7 Å². The van der Waals surface area contributed by atoms with E-state index >= 15 is 0 Å². The van der Waals surface area contributed by atoms with Gasteiger partial charge in [0.2, 0.25) is 0 Å². The summed E-state index contributed by atoms with van der Waals surface area (Å²) >= 11 is 1.25. The van der Waals surface area contributed by atoms with Crippen molar-refractivity contribution in [3.63, 3.8) is 0 Å². The minimum atomic E-state index is -0.283. The van der Waals surface area contributed by atoms with E-state index in [4.69, 9.17) is 0 Å². The Morgan fingerprint density at radius 2 is 2.20 bits per heavy atom. The summed E-state index contributed by atoms with van der Waals surface area (Å²) in [6, 6.07) is 2.11. The van der Waals surface area contributed by atoms with Crippen LogP contribution in [0.2, 0.25) is 0 Å². The molecule has 20 heavy (non-hydrogen) atoms. The molecule has 1 aliphatic rings. The zero-order valence-corrected chi connectivity index (χ0v) is 12.8. The molecule has 0 spiro atoms. The Morgan fingerprint density at radius 1 is 1.45 bits per heavy atom. The number of nitrogens with one attached hydrogen (secondary N) is 1. The van der Waals surface area contributed by atoms with Gasteiger partial charge in [-0.3, -0.25) is 15.0 Å². The minimum absolute atomic E-state index is 0.260. The Kier molecular flexibility index (Phi) is 5.94. The highest BCUT2D eigenvalue weighted by atomic mass is 32.1. The van der Waals surface area contributed by atoms with Crippen LogP contribution in [-0.4, -0.2) is 36.0 Å². The molecule has 5 nitrogen and oxygen atoms in total. The highest BCUT2D eigenvalue weighted by molar-refractivity contribution is 7.13. The molecule has 1 aromatic rings. The molecule has 1 N–H and O–H groups in total. The van der Waals surface area contributed by atoms with Crippen molar-refractivity contribution < 1.29 is 4.92 Å². The van der Waals surface area contributed by atoms with Crippen LogP contribution >= 0.6 is 11.3 Å². The van der Waals surface area contributed by atoms with Gasteiger partial charge in [-0.25, -0.2) is 0 Å². The third kappa shape index (κ3) is 4.01. The minimum Gasteiger partial charge on any atom is -0.314 e. The SMILES string of the molecule is CCCCC[C@@H](c1csc([N+](=O)[O-])c1)N1CCNCC1. The quantitative estimate of drug-likeness (QED) is 0.477. The maximum Gasteiger partial charge on any atom is 0.324 e. The van der Waals surface area contributed by atoms with Crippen LogP contribution in [0.5, 0.6) is 0 Å². The molecule has 2 rings (SSSR count). The predicted molar refractivity (Wildman–Crippen MR) is 82.3 cm³/mol. The molecule has 1 aliphatic heterocycles. The molecule has 1 fully saturated rings. The van der Waals surface area contributed by atoms with Crippen molar-refractivity contribution in [2.24, 2.45) is 0 Å². The molecule has 0 radical (unpaired) electrons. The third-order valence-electron chi connectivity index (χ3n) is 3.84. The zero-order chi connectivity index (χ0) is 14.4. The van der Waals surface area contributed by atoms with Gasteiger partial charge in [0.05, 0.1) is 4.92 Å². The highest BCUT2D eigenvalue weighted by Crippen LogP contribution is 2.33. The normalized spacial score (nSPS) is 18.1. The molecule has 0 bridgehead atoms. The lowest BCUT2D eigenvalue weighted by Crippen LogP contribution is -2.45. The molecule has 6 heteroatoms. The summed E-state index contributed by atoms with van der Waals surface area (Å²) in [5, 5.41) is 16.5. The maximum atomic E-state index is 10.9. The van der Waals surface area contributed by atoms with E-state index in [-0.39, 0.29) is 9.92 Å². The van der Waals surface area contributed by atoms with Crippen molar-refractivity contribution >= 4 is 16.3 Å². The fourth-order valence-corrected chi connectivity index (χ4v) is 3.52. The van der Waals surface area contributed by atoms with Gasteiger partial charge in [-0.2, -0.15) is 0 Å². The predicted octanol–water partition coefficient (Wildman–Crippen LogP) is 3.18. The molecule has 1 saturated heterocycles. The van der Waals surface area contributed by atoms with Gasteiger partial charge < -0.3 is 5.32 Å². The first-order valence-corrected chi connectivity index (χ1v) is 8.28. The van der Waals surface area contributed by atoms with Gasteiger partial charge in [-0.05, 0) is 12.0 Å².